The van der Waals surface area contributed by atoms with E-state index in [1.807, 2.05) is 50.2 Å². The van der Waals surface area contributed by atoms with E-state index in [-0.39, 0.29) is 17.8 Å². The summed E-state index contributed by atoms with van der Waals surface area (Å²) in [7, 11) is 0. The van der Waals surface area contributed by atoms with Crippen LogP contribution < -0.4 is 5.32 Å². The SMILES string of the molecule is CC[C@@H](C)NC(=O)c1ccc(CSc2nc3cccnc3n2Cc2ccc(F)cc2)cc1. The van der Waals surface area contributed by atoms with Gasteiger partial charge in [-0.25, -0.2) is 14.4 Å². The second-order valence-electron chi connectivity index (χ2n) is 7.72. The molecule has 0 radical (unpaired) electrons. The lowest BCUT2D eigenvalue weighted by Gasteiger charge is -2.11. The van der Waals surface area contributed by atoms with Crippen molar-refractivity contribution in [2.75, 3.05) is 0 Å². The first-order chi connectivity index (χ1) is 15.5. The van der Waals surface area contributed by atoms with Crippen molar-refractivity contribution in [3.63, 3.8) is 0 Å². The Kier molecular flexibility index (Phi) is 6.85. The van der Waals surface area contributed by atoms with Crippen LogP contribution in [0.1, 0.15) is 41.8 Å². The normalized spacial score (nSPS) is 12.1. The Labute approximate surface area is 191 Å². The van der Waals surface area contributed by atoms with Crippen molar-refractivity contribution in [3.8, 4) is 0 Å². The van der Waals surface area contributed by atoms with Gasteiger partial charge in [0.05, 0.1) is 6.54 Å². The van der Waals surface area contributed by atoms with Crippen molar-refractivity contribution >= 4 is 28.8 Å². The van der Waals surface area contributed by atoms with Crippen LogP contribution in [-0.4, -0.2) is 26.5 Å². The van der Waals surface area contributed by atoms with Crippen LogP contribution in [0.15, 0.2) is 72.0 Å². The molecular weight excluding hydrogens is 423 g/mol. The van der Waals surface area contributed by atoms with Crippen molar-refractivity contribution in [1.29, 1.82) is 0 Å². The summed E-state index contributed by atoms with van der Waals surface area (Å²) in [4.78, 5) is 21.5. The quantitative estimate of drug-likeness (QED) is 0.365. The molecule has 0 saturated carbocycles. The van der Waals surface area contributed by atoms with Gasteiger partial charge in [-0.1, -0.05) is 43.0 Å². The van der Waals surface area contributed by atoms with Gasteiger partial charge in [0.15, 0.2) is 10.8 Å². The van der Waals surface area contributed by atoms with Crippen molar-refractivity contribution in [2.45, 2.75) is 43.8 Å². The van der Waals surface area contributed by atoms with Crippen LogP contribution in [0.4, 0.5) is 4.39 Å². The first-order valence-corrected chi connectivity index (χ1v) is 11.6. The van der Waals surface area contributed by atoms with Gasteiger partial charge in [0.1, 0.15) is 11.3 Å². The molecule has 1 amide bonds. The molecule has 0 aliphatic heterocycles. The van der Waals surface area contributed by atoms with E-state index < -0.39 is 0 Å². The predicted molar refractivity (Wildman–Crippen MR) is 126 cm³/mol. The molecule has 0 bridgehead atoms. The fourth-order valence-electron chi connectivity index (χ4n) is 3.27. The molecule has 5 nitrogen and oxygen atoms in total. The van der Waals surface area contributed by atoms with Crippen LogP contribution >= 0.6 is 11.8 Å². The number of carbonyl (C=O) groups is 1. The highest BCUT2D eigenvalue weighted by Gasteiger charge is 2.14. The minimum atomic E-state index is -0.252. The van der Waals surface area contributed by atoms with E-state index in [0.717, 1.165) is 33.9 Å². The molecule has 0 fully saturated rings. The number of imidazole rings is 1. The van der Waals surface area contributed by atoms with Crippen LogP contribution in [-0.2, 0) is 12.3 Å². The summed E-state index contributed by atoms with van der Waals surface area (Å²) in [6.45, 7) is 4.60. The van der Waals surface area contributed by atoms with E-state index in [1.54, 1.807) is 30.1 Å². The lowest BCUT2D eigenvalue weighted by molar-refractivity contribution is 0.0939. The standard InChI is InChI=1S/C25H25FN4OS/c1-3-17(2)28-24(31)20-10-6-19(7-11-20)16-32-25-29-22-5-4-14-27-23(22)30(25)15-18-8-12-21(26)13-9-18/h4-14,17H,3,15-16H2,1-2H3,(H,28,31)/t17-/m1/s1. The number of halogens is 1. The monoisotopic (exact) mass is 448 g/mol. The molecule has 2 aromatic carbocycles. The number of benzene rings is 2. The van der Waals surface area contributed by atoms with Gasteiger partial charge < -0.3 is 5.32 Å². The molecule has 7 heteroatoms. The Morgan fingerprint density at radius 1 is 1.09 bits per heavy atom. The van der Waals surface area contributed by atoms with Gasteiger partial charge in [-0.3, -0.25) is 9.36 Å². The first kappa shape index (κ1) is 22.0. The van der Waals surface area contributed by atoms with Gasteiger partial charge in [0.25, 0.3) is 5.91 Å². The summed E-state index contributed by atoms with van der Waals surface area (Å²) in [5.41, 5.74) is 4.37. The van der Waals surface area contributed by atoms with E-state index in [4.69, 9.17) is 4.98 Å². The summed E-state index contributed by atoms with van der Waals surface area (Å²) in [6, 6.07) is 18.1. The summed E-state index contributed by atoms with van der Waals surface area (Å²) >= 11 is 1.61. The molecule has 2 aromatic heterocycles. The third-order valence-electron chi connectivity index (χ3n) is 5.30. The van der Waals surface area contributed by atoms with Crippen molar-refractivity contribution < 1.29 is 9.18 Å². The number of thioether (sulfide) groups is 1. The number of rotatable bonds is 8. The average molecular weight is 449 g/mol. The molecule has 2 heterocycles. The van der Waals surface area contributed by atoms with Gasteiger partial charge >= 0.3 is 0 Å². The Bertz CT molecular complexity index is 1210. The molecular formula is C25H25FN4OS. The maximum absolute atomic E-state index is 13.3. The van der Waals surface area contributed by atoms with Crippen LogP contribution in [0.25, 0.3) is 11.2 Å². The van der Waals surface area contributed by atoms with Crippen LogP contribution in [0.3, 0.4) is 0 Å². The Hall–Kier alpha value is -3.19. The molecule has 1 N–H and O–H groups in total. The number of amides is 1. The number of hydrogen-bond acceptors (Lipinski definition) is 4. The van der Waals surface area contributed by atoms with Gasteiger partial charge in [0.2, 0.25) is 0 Å². The zero-order valence-electron chi connectivity index (χ0n) is 18.1. The smallest absolute Gasteiger partial charge is 0.251 e. The van der Waals surface area contributed by atoms with Gasteiger partial charge in [-0.15, -0.1) is 0 Å². The zero-order chi connectivity index (χ0) is 22.5. The third kappa shape index (κ3) is 5.16. The van der Waals surface area contributed by atoms with Gasteiger partial charge in [-0.05, 0) is 60.9 Å². The minimum absolute atomic E-state index is 0.0503. The lowest BCUT2D eigenvalue weighted by Crippen LogP contribution is -2.31. The second-order valence-corrected chi connectivity index (χ2v) is 8.66. The first-order valence-electron chi connectivity index (χ1n) is 10.6. The highest BCUT2D eigenvalue weighted by molar-refractivity contribution is 7.98. The topological polar surface area (TPSA) is 59.8 Å². The van der Waals surface area contributed by atoms with Crippen LogP contribution in [0, 0.1) is 5.82 Å². The van der Waals surface area contributed by atoms with E-state index in [1.165, 1.54) is 12.1 Å². The molecule has 4 aromatic rings. The summed E-state index contributed by atoms with van der Waals surface area (Å²) in [5, 5.41) is 3.83. The zero-order valence-corrected chi connectivity index (χ0v) is 18.9. The number of pyridine rings is 1. The fraction of sp³-hybridized carbons (Fsp3) is 0.240. The third-order valence-corrected chi connectivity index (χ3v) is 6.34. The highest BCUT2D eigenvalue weighted by Crippen LogP contribution is 2.27. The molecule has 0 saturated heterocycles. The molecule has 164 valence electrons. The second kappa shape index (κ2) is 9.96. The molecule has 0 aliphatic rings. The highest BCUT2D eigenvalue weighted by atomic mass is 32.2. The number of aromatic nitrogens is 3. The Balaban J connectivity index is 1.50. The van der Waals surface area contributed by atoms with Crippen molar-refractivity contribution in [1.82, 2.24) is 19.9 Å². The molecule has 1 atom stereocenters. The maximum atomic E-state index is 13.3. The maximum Gasteiger partial charge on any atom is 0.251 e. The van der Waals surface area contributed by atoms with Crippen molar-refractivity contribution in [3.05, 3.63) is 89.4 Å². The van der Waals surface area contributed by atoms with Crippen molar-refractivity contribution in [2.24, 2.45) is 0 Å². The Morgan fingerprint density at radius 3 is 2.53 bits per heavy atom. The fourth-order valence-corrected chi connectivity index (χ4v) is 4.23. The number of nitrogens with zero attached hydrogens (tertiary/aromatic N) is 3. The summed E-state index contributed by atoms with van der Waals surface area (Å²) in [5.74, 6) is 0.406. The number of fused-ring (bicyclic) bond motifs is 1. The van der Waals surface area contributed by atoms with Gasteiger partial charge in [0, 0.05) is 23.6 Å². The van der Waals surface area contributed by atoms with E-state index in [9.17, 15) is 9.18 Å². The molecule has 32 heavy (non-hydrogen) atoms. The van der Waals surface area contributed by atoms with E-state index in [2.05, 4.69) is 14.9 Å². The molecule has 0 aliphatic carbocycles. The van der Waals surface area contributed by atoms with Crippen LogP contribution in [0.5, 0.6) is 0 Å². The van der Waals surface area contributed by atoms with E-state index in [0.29, 0.717) is 17.9 Å². The number of hydrogen-bond donors (Lipinski definition) is 1. The molecule has 0 spiro atoms. The molecule has 0 unspecified atom stereocenters. The summed E-state index contributed by atoms with van der Waals surface area (Å²) in [6.07, 6.45) is 2.65. The summed E-state index contributed by atoms with van der Waals surface area (Å²) < 4.78 is 15.4. The number of nitrogens with one attached hydrogen (secondary N) is 1. The van der Waals surface area contributed by atoms with Crippen LogP contribution in [0.2, 0.25) is 0 Å². The number of carbonyl (C=O) groups excluding carboxylic acids is 1. The average Bonchev–Trinajstić information content (AvgIpc) is 3.16. The van der Waals surface area contributed by atoms with E-state index >= 15 is 0 Å². The Morgan fingerprint density at radius 2 is 1.81 bits per heavy atom. The molecule has 4 rings (SSSR count). The van der Waals surface area contributed by atoms with Gasteiger partial charge in [-0.2, -0.15) is 0 Å². The lowest BCUT2D eigenvalue weighted by atomic mass is 10.1. The largest absolute Gasteiger partial charge is 0.350 e. The predicted octanol–water partition coefficient (Wildman–Crippen LogP) is 5.44. The minimum Gasteiger partial charge on any atom is -0.350 e.